The van der Waals surface area contributed by atoms with E-state index < -0.39 is 0 Å². The van der Waals surface area contributed by atoms with Gasteiger partial charge in [0.25, 0.3) is 0 Å². The van der Waals surface area contributed by atoms with Crippen LogP contribution in [0.2, 0.25) is 0 Å². The summed E-state index contributed by atoms with van der Waals surface area (Å²) in [6.45, 7) is 5.38. The summed E-state index contributed by atoms with van der Waals surface area (Å²) < 4.78 is 0. The first-order valence-electron chi connectivity index (χ1n) is 26.2. The lowest BCUT2D eigenvalue weighted by molar-refractivity contribution is -0.119. The van der Waals surface area contributed by atoms with Crippen molar-refractivity contribution in [1.29, 1.82) is 0 Å². The van der Waals surface area contributed by atoms with Gasteiger partial charge in [-0.2, -0.15) is 0 Å². The first-order valence-corrected chi connectivity index (χ1v) is 26.2. The molecular weight excluding hydrogens is 637 g/mol. The highest BCUT2D eigenvalue weighted by Gasteiger charge is 2.56. The summed E-state index contributed by atoms with van der Waals surface area (Å²) in [5.41, 5.74) is 0. The predicted molar refractivity (Wildman–Crippen MR) is 227 cm³/mol. The molecule has 0 nitrogen and oxygen atoms in total. The molecule has 0 radical (unpaired) electrons. The first kappa shape index (κ1) is 38.5. The maximum absolute atomic E-state index is 2.70. The number of hydrogen-bond donors (Lipinski definition) is 0. The maximum atomic E-state index is 2.70. The van der Waals surface area contributed by atoms with Crippen LogP contribution >= 0.6 is 0 Å². The summed E-state index contributed by atoms with van der Waals surface area (Å²) in [6.07, 6.45) is 52.5. The molecule has 0 heterocycles. The Morgan fingerprint density at radius 2 is 0.811 bits per heavy atom. The van der Waals surface area contributed by atoms with Crippen LogP contribution in [0.4, 0.5) is 0 Å². The lowest BCUT2D eigenvalue weighted by atomic mass is 9.44. The Labute approximate surface area is 331 Å². The zero-order valence-corrected chi connectivity index (χ0v) is 35.7. The molecule has 0 aromatic heterocycles. The van der Waals surface area contributed by atoms with Crippen molar-refractivity contribution >= 4 is 0 Å². The Morgan fingerprint density at radius 3 is 1.55 bits per heavy atom. The van der Waals surface area contributed by atoms with Gasteiger partial charge in [-0.05, 0) is 196 Å². The molecule has 0 spiro atoms. The Kier molecular flexibility index (Phi) is 13.0. The summed E-state index contributed by atoms with van der Waals surface area (Å²) in [4.78, 5) is 0. The molecule has 9 aliphatic carbocycles. The van der Waals surface area contributed by atoms with Gasteiger partial charge in [-0.3, -0.25) is 0 Å². The standard InChI is InChI=1S/C53H90/c1-3-44-45(4-2)53(43-30-25-38-18-10-7-11-19-41(38)34-43)49-31-24-37(32-36-16-8-5-6-9-17-36)33-51(49)52(44)40-28-26-39(27-29-40)50-35-42-20-12-13-21-46(42)47-22-14-15-23-48(47)50/h36-53H,3-35H2,1-2H3/t37?,38?,39?,40?,41?,42?,43?,44?,45?,46-,47?,48-,49?,50?,51+,52-,53+/m0/s1. The van der Waals surface area contributed by atoms with Crippen molar-refractivity contribution in [3.8, 4) is 0 Å². The van der Waals surface area contributed by atoms with E-state index >= 15 is 0 Å². The van der Waals surface area contributed by atoms with Gasteiger partial charge >= 0.3 is 0 Å². The highest BCUT2D eigenvalue weighted by atomic mass is 14.6. The second-order valence-electron chi connectivity index (χ2n) is 23.0. The van der Waals surface area contributed by atoms with Gasteiger partial charge in [-0.25, -0.2) is 0 Å². The number of rotatable bonds is 7. The van der Waals surface area contributed by atoms with E-state index in [2.05, 4.69) is 13.8 Å². The summed E-state index contributed by atoms with van der Waals surface area (Å²) >= 11 is 0. The fraction of sp³-hybridized carbons (Fsp3) is 1.00. The van der Waals surface area contributed by atoms with Crippen molar-refractivity contribution in [2.75, 3.05) is 0 Å². The summed E-state index contributed by atoms with van der Waals surface area (Å²) in [6, 6.07) is 0. The molecule has 10 unspecified atom stereocenters. The molecule has 9 aliphatic rings. The third kappa shape index (κ3) is 8.06. The SMILES string of the molecule is CCC1C(CC)[C@H](C2CCC(C3CC4CCCC[C@@H]4C4CCCC[C@H]34)CC2)[C@@H]2CC(CC3CCCCCC3)CCC2[C@@H]1C1CCC2CCCCCC2C1. The average Bonchev–Trinajstić information content (AvgIpc) is 3.62. The van der Waals surface area contributed by atoms with Crippen LogP contribution in [0, 0.1) is 107 Å². The molecule has 0 amide bonds. The van der Waals surface area contributed by atoms with E-state index in [0.717, 1.165) is 107 Å². The highest BCUT2D eigenvalue weighted by molar-refractivity contribution is 5.05. The lowest BCUT2D eigenvalue weighted by Gasteiger charge is -2.61. The molecule has 0 aromatic rings. The van der Waals surface area contributed by atoms with E-state index in [9.17, 15) is 0 Å². The second kappa shape index (κ2) is 17.9. The van der Waals surface area contributed by atoms with Crippen molar-refractivity contribution in [2.45, 2.75) is 226 Å². The minimum absolute atomic E-state index is 1.04. The molecule has 0 aliphatic heterocycles. The van der Waals surface area contributed by atoms with Gasteiger partial charge in [0.1, 0.15) is 0 Å². The fourth-order valence-corrected chi connectivity index (χ4v) is 19.1. The Bertz CT molecular complexity index is 1110. The smallest absolute Gasteiger partial charge is 0.0323 e. The van der Waals surface area contributed by atoms with Crippen LogP contribution in [0.3, 0.4) is 0 Å². The van der Waals surface area contributed by atoms with E-state index in [1.165, 1.54) is 32.1 Å². The molecular formula is C53H90. The molecule has 9 saturated carbocycles. The molecule has 0 heteroatoms. The van der Waals surface area contributed by atoms with Gasteiger partial charge in [0, 0.05) is 0 Å². The maximum Gasteiger partial charge on any atom is -0.0323 e. The Hall–Kier alpha value is 0. The van der Waals surface area contributed by atoms with E-state index in [1.807, 2.05) is 0 Å². The van der Waals surface area contributed by atoms with E-state index in [-0.39, 0.29) is 0 Å². The van der Waals surface area contributed by atoms with Crippen molar-refractivity contribution in [3.63, 3.8) is 0 Å². The van der Waals surface area contributed by atoms with Crippen LogP contribution in [0.15, 0.2) is 0 Å². The third-order valence-corrected chi connectivity index (χ3v) is 21.0. The normalized spacial score (nSPS) is 50.0. The van der Waals surface area contributed by atoms with Gasteiger partial charge in [-0.1, -0.05) is 136 Å². The van der Waals surface area contributed by atoms with Crippen LogP contribution < -0.4 is 0 Å². The largest absolute Gasteiger partial charge is 0.0651 e. The van der Waals surface area contributed by atoms with Crippen LogP contribution in [0.5, 0.6) is 0 Å². The fourth-order valence-electron chi connectivity index (χ4n) is 19.1. The molecule has 15 atom stereocenters. The first-order chi connectivity index (χ1) is 26.2. The monoisotopic (exact) mass is 727 g/mol. The van der Waals surface area contributed by atoms with E-state index in [4.69, 9.17) is 0 Å². The van der Waals surface area contributed by atoms with Crippen molar-refractivity contribution in [3.05, 3.63) is 0 Å². The molecule has 0 N–H and O–H groups in total. The highest BCUT2D eigenvalue weighted by Crippen LogP contribution is 2.64. The molecule has 9 rings (SSSR count). The van der Waals surface area contributed by atoms with Crippen LogP contribution in [0.1, 0.15) is 226 Å². The van der Waals surface area contributed by atoms with E-state index in [0.29, 0.717) is 0 Å². The topological polar surface area (TPSA) is 0 Å². The number of fused-ring (bicyclic) bond motifs is 5. The minimum atomic E-state index is 1.04. The second-order valence-corrected chi connectivity index (χ2v) is 23.0. The van der Waals surface area contributed by atoms with Gasteiger partial charge in [0.15, 0.2) is 0 Å². The minimum Gasteiger partial charge on any atom is -0.0651 e. The van der Waals surface area contributed by atoms with E-state index in [1.54, 1.807) is 180 Å². The Morgan fingerprint density at radius 1 is 0.283 bits per heavy atom. The molecule has 9 fully saturated rings. The van der Waals surface area contributed by atoms with Crippen LogP contribution in [0.25, 0.3) is 0 Å². The summed E-state index contributed by atoms with van der Waals surface area (Å²) in [5, 5.41) is 0. The molecule has 0 bridgehead atoms. The quantitative estimate of drug-likeness (QED) is 0.229. The van der Waals surface area contributed by atoms with Crippen LogP contribution in [-0.2, 0) is 0 Å². The molecule has 0 saturated heterocycles. The average molecular weight is 727 g/mol. The van der Waals surface area contributed by atoms with Gasteiger partial charge in [0.05, 0.1) is 0 Å². The number of hydrogen-bond acceptors (Lipinski definition) is 0. The molecule has 0 aromatic carbocycles. The Balaban J connectivity index is 0.948. The zero-order valence-electron chi connectivity index (χ0n) is 35.7. The lowest BCUT2D eigenvalue weighted by Crippen LogP contribution is -2.54. The summed E-state index contributed by atoms with van der Waals surface area (Å²) in [7, 11) is 0. The van der Waals surface area contributed by atoms with Gasteiger partial charge < -0.3 is 0 Å². The van der Waals surface area contributed by atoms with Crippen molar-refractivity contribution in [2.24, 2.45) is 107 Å². The molecule has 302 valence electrons. The van der Waals surface area contributed by atoms with Gasteiger partial charge in [-0.15, -0.1) is 0 Å². The summed E-state index contributed by atoms with van der Waals surface area (Å²) in [5.74, 6) is 19.7. The van der Waals surface area contributed by atoms with Crippen molar-refractivity contribution in [1.82, 2.24) is 0 Å². The van der Waals surface area contributed by atoms with Crippen LogP contribution in [-0.4, -0.2) is 0 Å². The molecule has 53 heavy (non-hydrogen) atoms. The van der Waals surface area contributed by atoms with Gasteiger partial charge in [0.2, 0.25) is 0 Å². The predicted octanol–water partition coefficient (Wildman–Crippen LogP) is 16.1. The van der Waals surface area contributed by atoms with Crippen molar-refractivity contribution < 1.29 is 0 Å². The zero-order chi connectivity index (χ0) is 35.7. The third-order valence-electron chi connectivity index (χ3n) is 21.0.